The second-order valence-corrected chi connectivity index (χ2v) is 4.44. The fraction of sp³-hybridized carbons (Fsp3) is 0.875. The van der Waals surface area contributed by atoms with Crippen LogP contribution in [0.1, 0.15) is 25.7 Å². The van der Waals surface area contributed by atoms with Gasteiger partial charge in [-0.05, 0) is 12.8 Å². The van der Waals surface area contributed by atoms with E-state index in [4.69, 9.17) is 16.3 Å². The molecular formula is C8H17N3OS. The van der Waals surface area contributed by atoms with E-state index in [0.717, 1.165) is 12.8 Å². The third kappa shape index (κ3) is 3.08. The molecule has 13 heavy (non-hydrogen) atoms. The number of nitrogens with zero attached hydrogens (tertiary/aromatic N) is 1. The molecule has 0 saturated heterocycles. The minimum absolute atomic E-state index is 0.305. The summed E-state index contributed by atoms with van der Waals surface area (Å²) in [6.07, 6.45) is 5.05. The van der Waals surface area contributed by atoms with E-state index in [0.29, 0.717) is 16.5 Å². The van der Waals surface area contributed by atoms with E-state index in [2.05, 4.69) is 5.10 Å². The molecule has 0 aliphatic heterocycles. The molecular weight excluding hydrogens is 186 g/mol. The highest BCUT2D eigenvalue weighted by Crippen LogP contribution is 2.30. The first-order valence-electron chi connectivity index (χ1n) is 4.50. The Labute approximate surface area is 83.1 Å². The zero-order chi connectivity index (χ0) is 9.68. The maximum Gasteiger partial charge on any atom is 0.177 e. The van der Waals surface area contributed by atoms with E-state index in [1.807, 2.05) is 0 Å². The fourth-order valence-corrected chi connectivity index (χ4v) is 2.71. The summed E-state index contributed by atoms with van der Waals surface area (Å²) in [7, 11) is 1.75. The monoisotopic (exact) mass is 203 g/mol. The second kappa shape index (κ2) is 5.34. The summed E-state index contributed by atoms with van der Waals surface area (Å²) in [6, 6.07) is 0. The smallest absolute Gasteiger partial charge is 0.177 e. The van der Waals surface area contributed by atoms with E-state index < -0.39 is 0 Å². The first kappa shape index (κ1) is 10.7. The highest BCUT2D eigenvalue weighted by atomic mass is 32.2. The van der Waals surface area contributed by atoms with Gasteiger partial charge in [0.05, 0.1) is 6.10 Å². The van der Waals surface area contributed by atoms with Crippen molar-refractivity contribution in [1.82, 2.24) is 0 Å². The molecule has 1 aliphatic rings. The number of methoxy groups -OCH3 is 1. The molecule has 0 radical (unpaired) electrons. The van der Waals surface area contributed by atoms with Crippen LogP contribution in [-0.2, 0) is 4.74 Å². The van der Waals surface area contributed by atoms with Crippen molar-refractivity contribution in [2.45, 2.75) is 37.0 Å². The number of hydrogen-bond acceptors (Lipinski definition) is 4. The van der Waals surface area contributed by atoms with Gasteiger partial charge in [-0.1, -0.05) is 24.6 Å². The van der Waals surface area contributed by atoms with Crippen LogP contribution in [0.3, 0.4) is 0 Å². The van der Waals surface area contributed by atoms with Gasteiger partial charge in [-0.2, -0.15) is 5.10 Å². The third-order valence-corrected chi connectivity index (χ3v) is 3.53. The van der Waals surface area contributed by atoms with Gasteiger partial charge in [0, 0.05) is 12.4 Å². The Hall–Kier alpha value is -0.420. The maximum absolute atomic E-state index is 5.55. The summed E-state index contributed by atoms with van der Waals surface area (Å²) < 4.78 is 5.38. The van der Waals surface area contributed by atoms with E-state index in [1.54, 1.807) is 7.11 Å². The average Bonchev–Trinajstić information content (AvgIpc) is 2.18. The number of rotatable bonds is 2. The van der Waals surface area contributed by atoms with Gasteiger partial charge >= 0.3 is 0 Å². The molecule has 0 bridgehead atoms. The molecule has 0 heterocycles. The average molecular weight is 203 g/mol. The minimum Gasteiger partial charge on any atom is -0.380 e. The molecule has 0 aromatic rings. The third-order valence-electron chi connectivity index (χ3n) is 2.34. The minimum atomic E-state index is 0.305. The molecule has 5 heteroatoms. The van der Waals surface area contributed by atoms with Crippen LogP contribution in [0.5, 0.6) is 0 Å². The van der Waals surface area contributed by atoms with Gasteiger partial charge in [0.1, 0.15) is 0 Å². The number of ether oxygens (including phenoxy) is 1. The SMILES string of the molecule is COC1CCCCC1S/C(N)=N/N. The largest absolute Gasteiger partial charge is 0.380 e. The van der Waals surface area contributed by atoms with E-state index in [-0.39, 0.29) is 0 Å². The molecule has 1 fully saturated rings. The first-order valence-corrected chi connectivity index (χ1v) is 5.38. The van der Waals surface area contributed by atoms with Crippen LogP contribution >= 0.6 is 11.8 Å². The lowest BCUT2D eigenvalue weighted by Crippen LogP contribution is -2.31. The number of amidine groups is 1. The fourth-order valence-electron chi connectivity index (χ4n) is 1.65. The Kier molecular flexibility index (Phi) is 4.38. The lowest BCUT2D eigenvalue weighted by molar-refractivity contribution is 0.0766. The van der Waals surface area contributed by atoms with Crippen molar-refractivity contribution in [3.05, 3.63) is 0 Å². The highest BCUT2D eigenvalue weighted by molar-refractivity contribution is 8.14. The van der Waals surface area contributed by atoms with Crippen LogP contribution in [0.2, 0.25) is 0 Å². The maximum atomic E-state index is 5.55. The van der Waals surface area contributed by atoms with Gasteiger partial charge in [0.15, 0.2) is 5.17 Å². The number of thioether (sulfide) groups is 1. The predicted octanol–water partition coefficient (Wildman–Crippen LogP) is 0.866. The van der Waals surface area contributed by atoms with Crippen molar-refractivity contribution in [2.75, 3.05) is 7.11 Å². The second-order valence-electron chi connectivity index (χ2n) is 3.18. The molecule has 2 unspecified atom stereocenters. The van der Waals surface area contributed by atoms with Crippen molar-refractivity contribution < 1.29 is 4.74 Å². The van der Waals surface area contributed by atoms with Crippen LogP contribution < -0.4 is 11.6 Å². The van der Waals surface area contributed by atoms with Gasteiger partial charge in [-0.3, -0.25) is 0 Å². The Morgan fingerprint density at radius 3 is 2.77 bits per heavy atom. The molecule has 76 valence electrons. The molecule has 0 amide bonds. The number of hydrazone groups is 1. The van der Waals surface area contributed by atoms with Gasteiger partial charge in [0.25, 0.3) is 0 Å². The first-order chi connectivity index (χ1) is 6.27. The van der Waals surface area contributed by atoms with Crippen LogP contribution in [0.25, 0.3) is 0 Å². The van der Waals surface area contributed by atoms with Crippen molar-refractivity contribution in [3.8, 4) is 0 Å². The van der Waals surface area contributed by atoms with Gasteiger partial charge < -0.3 is 16.3 Å². The topological polar surface area (TPSA) is 73.6 Å². The summed E-state index contributed by atoms with van der Waals surface area (Å²) >= 11 is 1.53. The Balaban J connectivity index is 2.45. The molecule has 4 N–H and O–H groups in total. The standard InChI is InChI=1S/C8H17N3OS/c1-12-6-4-2-3-5-7(6)13-8(9)11-10/h6-7H,2-5,10H2,1H3,(H2,9,11). The lowest BCUT2D eigenvalue weighted by Gasteiger charge is -2.29. The Morgan fingerprint density at radius 2 is 2.15 bits per heavy atom. The van der Waals surface area contributed by atoms with Crippen molar-refractivity contribution in [3.63, 3.8) is 0 Å². The summed E-state index contributed by atoms with van der Waals surface area (Å²) in [4.78, 5) is 0. The zero-order valence-corrected chi connectivity index (χ0v) is 8.72. The Morgan fingerprint density at radius 1 is 1.46 bits per heavy atom. The molecule has 0 aromatic carbocycles. The molecule has 1 rings (SSSR count). The van der Waals surface area contributed by atoms with Crippen molar-refractivity contribution in [1.29, 1.82) is 0 Å². The molecule has 1 saturated carbocycles. The van der Waals surface area contributed by atoms with Gasteiger partial charge in [-0.15, -0.1) is 0 Å². The molecule has 0 aromatic heterocycles. The summed E-state index contributed by atoms with van der Waals surface area (Å²) in [5.41, 5.74) is 5.55. The quantitative estimate of drug-likeness (QED) is 0.302. The summed E-state index contributed by atoms with van der Waals surface area (Å²) in [5, 5.41) is 4.33. The van der Waals surface area contributed by atoms with E-state index in [1.165, 1.54) is 24.6 Å². The van der Waals surface area contributed by atoms with Gasteiger partial charge in [0.2, 0.25) is 0 Å². The van der Waals surface area contributed by atoms with Crippen LogP contribution in [0.4, 0.5) is 0 Å². The summed E-state index contributed by atoms with van der Waals surface area (Å²) in [5.74, 6) is 5.08. The molecule has 1 aliphatic carbocycles. The number of hydrogen-bond donors (Lipinski definition) is 2. The van der Waals surface area contributed by atoms with E-state index >= 15 is 0 Å². The molecule has 4 nitrogen and oxygen atoms in total. The lowest BCUT2D eigenvalue weighted by atomic mass is 9.97. The van der Waals surface area contributed by atoms with Crippen LogP contribution in [0, 0.1) is 0 Å². The predicted molar refractivity (Wildman–Crippen MR) is 56.5 cm³/mol. The van der Waals surface area contributed by atoms with Crippen molar-refractivity contribution >= 4 is 16.9 Å². The van der Waals surface area contributed by atoms with Crippen LogP contribution in [0.15, 0.2) is 5.10 Å². The molecule has 2 atom stereocenters. The Bertz CT molecular complexity index is 186. The number of nitrogens with two attached hydrogens (primary N) is 2. The highest BCUT2D eigenvalue weighted by Gasteiger charge is 2.26. The normalized spacial score (nSPS) is 30.4. The van der Waals surface area contributed by atoms with E-state index in [9.17, 15) is 0 Å². The molecule has 0 spiro atoms. The van der Waals surface area contributed by atoms with Gasteiger partial charge in [-0.25, -0.2) is 0 Å². The van der Waals surface area contributed by atoms with Crippen molar-refractivity contribution in [2.24, 2.45) is 16.7 Å². The zero-order valence-electron chi connectivity index (χ0n) is 7.90. The van der Waals surface area contributed by atoms with Crippen LogP contribution in [-0.4, -0.2) is 23.6 Å². The summed E-state index contributed by atoms with van der Waals surface area (Å²) in [6.45, 7) is 0.